The lowest BCUT2D eigenvalue weighted by molar-refractivity contribution is -0.134. The zero-order valence-electron chi connectivity index (χ0n) is 23.0. The number of nitrogens with zero attached hydrogens (tertiary/aromatic N) is 3. The lowest BCUT2D eigenvalue weighted by Gasteiger charge is -2.48. The highest BCUT2D eigenvalue weighted by atomic mass is 32.1. The topological polar surface area (TPSA) is 60.9 Å². The first-order valence-corrected chi connectivity index (χ1v) is 13.6. The van der Waals surface area contributed by atoms with Gasteiger partial charge in [-0.2, -0.15) is 0 Å². The van der Waals surface area contributed by atoms with E-state index >= 15 is 0 Å². The molecule has 4 amide bonds. The van der Waals surface area contributed by atoms with Crippen molar-refractivity contribution in [2.45, 2.75) is 52.4 Å². The van der Waals surface area contributed by atoms with Crippen molar-refractivity contribution < 1.29 is 14.4 Å². The second kappa shape index (κ2) is 7.67. The molecule has 0 aliphatic carbocycles. The third-order valence-corrected chi connectivity index (χ3v) is 9.50. The molecule has 1 aromatic heterocycles. The van der Waals surface area contributed by atoms with Gasteiger partial charge in [0.1, 0.15) is 10.6 Å². The van der Waals surface area contributed by atoms with E-state index in [1.54, 1.807) is 17.4 Å². The number of aryl methyl sites for hydroxylation is 2. The quantitative estimate of drug-likeness (QED) is 0.267. The minimum atomic E-state index is -0.620. The van der Waals surface area contributed by atoms with Crippen LogP contribution in [0, 0.1) is 13.8 Å². The Kier molecular flexibility index (Phi) is 4.97. The summed E-state index contributed by atoms with van der Waals surface area (Å²) >= 11 is 1.57. The van der Waals surface area contributed by atoms with Crippen LogP contribution in [-0.4, -0.2) is 41.7 Å². The Labute approximate surface area is 227 Å². The van der Waals surface area contributed by atoms with Crippen LogP contribution < -0.4 is 4.90 Å². The van der Waals surface area contributed by atoms with Crippen LogP contribution in [0.2, 0.25) is 0 Å². The molecule has 6 nitrogen and oxygen atoms in total. The number of hydrogen-bond donors (Lipinski definition) is 0. The normalized spacial score (nSPS) is 18.9. The summed E-state index contributed by atoms with van der Waals surface area (Å²) in [5.41, 5.74) is 9.36. The molecule has 0 spiro atoms. The zero-order valence-corrected chi connectivity index (χ0v) is 23.8. The summed E-state index contributed by atoms with van der Waals surface area (Å²) in [7, 11) is 2.80. The molecule has 0 radical (unpaired) electrons. The number of hydrogen-bond acceptors (Lipinski definition) is 5. The molecule has 3 aliphatic heterocycles. The molecule has 0 atom stereocenters. The highest BCUT2D eigenvalue weighted by molar-refractivity contribution is 7.17. The Morgan fingerprint density at radius 3 is 1.89 bits per heavy atom. The van der Waals surface area contributed by atoms with E-state index < -0.39 is 17.8 Å². The van der Waals surface area contributed by atoms with E-state index in [9.17, 15) is 14.4 Å². The summed E-state index contributed by atoms with van der Waals surface area (Å²) in [4.78, 5) is 43.2. The number of likely N-dealkylation sites (N-methyl/N-ethyl adjacent to an activating group) is 2. The number of imide groups is 2. The molecule has 3 aromatic rings. The number of thiophene rings is 1. The van der Waals surface area contributed by atoms with Gasteiger partial charge in [-0.3, -0.25) is 19.4 Å². The van der Waals surface area contributed by atoms with E-state index in [0.717, 1.165) is 30.9 Å². The van der Waals surface area contributed by atoms with Gasteiger partial charge in [0.2, 0.25) is 0 Å². The van der Waals surface area contributed by atoms with Gasteiger partial charge in [-0.25, -0.2) is 4.79 Å². The van der Waals surface area contributed by atoms with Gasteiger partial charge in [-0.1, -0.05) is 63.1 Å². The summed E-state index contributed by atoms with van der Waals surface area (Å²) < 4.78 is 0. The van der Waals surface area contributed by atoms with E-state index in [0.29, 0.717) is 0 Å². The van der Waals surface area contributed by atoms with Crippen molar-refractivity contribution in [3.8, 4) is 0 Å². The molecule has 0 bridgehead atoms. The molecule has 0 N–H and O–H groups in total. The van der Waals surface area contributed by atoms with Crippen LogP contribution in [0.4, 0.5) is 21.2 Å². The van der Waals surface area contributed by atoms with Gasteiger partial charge in [-0.15, -0.1) is 11.3 Å². The van der Waals surface area contributed by atoms with Crippen LogP contribution in [-0.2, 0) is 20.4 Å². The maximum absolute atomic E-state index is 12.9. The summed E-state index contributed by atoms with van der Waals surface area (Å²) in [5.74, 6) is -1.16. The van der Waals surface area contributed by atoms with Crippen molar-refractivity contribution in [1.82, 2.24) is 9.80 Å². The maximum Gasteiger partial charge on any atom is 0.333 e. The van der Waals surface area contributed by atoms with Gasteiger partial charge >= 0.3 is 6.03 Å². The molecule has 38 heavy (non-hydrogen) atoms. The molecule has 1 fully saturated rings. The van der Waals surface area contributed by atoms with E-state index in [2.05, 4.69) is 82.8 Å². The van der Waals surface area contributed by atoms with Gasteiger partial charge in [0.05, 0.1) is 11.4 Å². The predicted octanol–water partition coefficient (Wildman–Crippen LogP) is 6.55. The summed E-state index contributed by atoms with van der Waals surface area (Å²) in [6, 6.07) is 12.8. The van der Waals surface area contributed by atoms with E-state index in [1.807, 2.05) is 0 Å². The van der Waals surface area contributed by atoms with Crippen LogP contribution in [0.25, 0.3) is 6.08 Å². The largest absolute Gasteiger partial charge is 0.333 e. The smallest absolute Gasteiger partial charge is 0.301 e. The fraction of sp³-hybridized carbons (Fsp3) is 0.323. The predicted molar refractivity (Wildman–Crippen MR) is 152 cm³/mol. The number of carbonyl (C=O) groups is 3. The van der Waals surface area contributed by atoms with Crippen LogP contribution in [0.3, 0.4) is 0 Å². The van der Waals surface area contributed by atoms with Crippen molar-refractivity contribution >= 4 is 51.6 Å². The number of benzene rings is 2. The van der Waals surface area contributed by atoms with Crippen molar-refractivity contribution in [2.24, 2.45) is 0 Å². The van der Waals surface area contributed by atoms with Crippen LogP contribution in [0.15, 0.2) is 42.0 Å². The Morgan fingerprint density at radius 2 is 1.29 bits per heavy atom. The number of fused-ring (bicyclic) bond motifs is 4. The van der Waals surface area contributed by atoms with Gasteiger partial charge in [0.25, 0.3) is 11.8 Å². The van der Waals surface area contributed by atoms with Gasteiger partial charge in [0, 0.05) is 29.8 Å². The van der Waals surface area contributed by atoms with Crippen molar-refractivity contribution in [2.75, 3.05) is 19.0 Å². The highest BCUT2D eigenvalue weighted by Crippen LogP contribution is 2.62. The first-order chi connectivity index (χ1) is 17.7. The molecule has 194 valence electrons. The number of anilines is 3. The van der Waals surface area contributed by atoms with Crippen LogP contribution in [0.1, 0.15) is 66.0 Å². The fourth-order valence-corrected chi connectivity index (χ4v) is 7.42. The zero-order chi connectivity index (χ0) is 27.5. The molecule has 7 heteroatoms. The average Bonchev–Trinajstić information content (AvgIpc) is 3.29. The van der Waals surface area contributed by atoms with E-state index in [4.69, 9.17) is 0 Å². The number of barbiturate groups is 1. The van der Waals surface area contributed by atoms with Crippen molar-refractivity contribution in [3.05, 3.63) is 80.2 Å². The Bertz CT molecular complexity index is 1620. The van der Waals surface area contributed by atoms with Crippen LogP contribution >= 0.6 is 11.3 Å². The fourth-order valence-electron chi connectivity index (χ4n) is 6.14. The molecule has 3 aliphatic rings. The van der Waals surface area contributed by atoms with E-state index in [1.165, 1.54) is 47.6 Å². The molecule has 0 unspecified atom stereocenters. The van der Waals surface area contributed by atoms with E-state index in [-0.39, 0.29) is 16.4 Å². The maximum atomic E-state index is 12.9. The Hall–Kier alpha value is -3.71. The summed E-state index contributed by atoms with van der Waals surface area (Å²) in [6.07, 6.45) is 1.64. The SMILES string of the molecule is Cc1ccc2c(c1)C(C)(C)c1cc(C)cc3c1N2c1sc(C=C2C(=O)N(C)C(=O)N(C)C2=O)cc1C3(C)C. The molecule has 6 rings (SSSR count). The van der Waals surface area contributed by atoms with Gasteiger partial charge in [-0.05, 0) is 54.3 Å². The number of amides is 4. The Balaban J connectivity index is 1.61. The number of urea groups is 1. The molecule has 4 heterocycles. The minimum Gasteiger partial charge on any atom is -0.301 e. The number of rotatable bonds is 1. The first kappa shape index (κ1) is 24.6. The summed E-state index contributed by atoms with van der Waals surface area (Å²) in [5, 5.41) is 1.09. The minimum absolute atomic E-state index is 0.00384. The first-order valence-electron chi connectivity index (χ1n) is 12.8. The highest BCUT2D eigenvalue weighted by Gasteiger charge is 2.47. The second-order valence-electron chi connectivity index (χ2n) is 11.8. The third-order valence-electron chi connectivity index (χ3n) is 8.43. The standard InChI is InChI=1S/C31H31N3O3S/c1-16-9-10-24-20(11-16)30(3,4)21-12-17(2)13-22-25(21)34(24)28-23(31(22,5)6)15-18(38-28)14-19-26(35)32(7)29(37)33(8)27(19)36/h9-15H,1-8H3. The third kappa shape index (κ3) is 3.08. The molecular weight excluding hydrogens is 494 g/mol. The van der Waals surface area contributed by atoms with Crippen LogP contribution in [0.5, 0.6) is 0 Å². The molecule has 2 aromatic carbocycles. The van der Waals surface area contributed by atoms with Crippen molar-refractivity contribution in [3.63, 3.8) is 0 Å². The summed E-state index contributed by atoms with van der Waals surface area (Å²) in [6.45, 7) is 13.4. The van der Waals surface area contributed by atoms with Crippen molar-refractivity contribution in [1.29, 1.82) is 0 Å². The van der Waals surface area contributed by atoms with Gasteiger partial charge in [0.15, 0.2) is 0 Å². The molecular formula is C31H31N3O3S. The molecule has 1 saturated heterocycles. The Morgan fingerprint density at radius 1 is 0.737 bits per heavy atom. The second-order valence-corrected chi connectivity index (χ2v) is 12.8. The lowest BCUT2D eigenvalue weighted by atomic mass is 9.67. The monoisotopic (exact) mass is 525 g/mol. The molecule has 0 saturated carbocycles. The number of carbonyl (C=O) groups excluding carboxylic acids is 3. The average molecular weight is 526 g/mol. The lowest BCUT2D eigenvalue weighted by Crippen LogP contribution is -2.52. The van der Waals surface area contributed by atoms with Gasteiger partial charge < -0.3 is 4.90 Å².